The molecular formula is C16H26N2. The summed E-state index contributed by atoms with van der Waals surface area (Å²) in [6.07, 6.45) is 3.85. The monoisotopic (exact) mass is 246 g/mol. The highest BCUT2D eigenvalue weighted by Gasteiger charge is 2.18. The Balaban J connectivity index is 1.90. The Hall–Kier alpha value is -0.860. The van der Waals surface area contributed by atoms with Gasteiger partial charge in [-0.25, -0.2) is 0 Å². The lowest BCUT2D eigenvalue weighted by molar-refractivity contribution is 0.173. The van der Waals surface area contributed by atoms with Crippen LogP contribution in [0.25, 0.3) is 0 Å². The number of rotatable bonds is 4. The lowest BCUT2D eigenvalue weighted by atomic mass is 9.93. The summed E-state index contributed by atoms with van der Waals surface area (Å²) in [7, 11) is 0. The summed E-state index contributed by atoms with van der Waals surface area (Å²) in [5.41, 5.74) is 10.0. The molecule has 0 radical (unpaired) electrons. The first-order valence-electron chi connectivity index (χ1n) is 7.18. The number of piperidine rings is 1. The second kappa shape index (κ2) is 6.35. The number of benzene rings is 1. The first-order chi connectivity index (χ1) is 8.70. The smallest absolute Gasteiger partial charge is 0.0236 e. The molecule has 1 aliphatic heterocycles. The normalized spacial score (nSPS) is 18.2. The lowest BCUT2D eigenvalue weighted by Crippen LogP contribution is -2.34. The minimum absolute atomic E-state index is 0.849. The largest absolute Gasteiger partial charge is 0.330 e. The molecule has 1 aromatic carbocycles. The van der Waals surface area contributed by atoms with Gasteiger partial charge in [0.25, 0.3) is 0 Å². The van der Waals surface area contributed by atoms with Crippen LogP contribution in [0.15, 0.2) is 18.2 Å². The first-order valence-corrected chi connectivity index (χ1v) is 7.18. The van der Waals surface area contributed by atoms with E-state index in [9.17, 15) is 0 Å². The molecule has 1 aliphatic rings. The fourth-order valence-corrected chi connectivity index (χ4v) is 2.89. The Morgan fingerprint density at radius 3 is 2.61 bits per heavy atom. The van der Waals surface area contributed by atoms with Crippen molar-refractivity contribution in [3.05, 3.63) is 34.9 Å². The summed E-state index contributed by atoms with van der Waals surface area (Å²) in [6, 6.07) is 6.65. The highest BCUT2D eigenvalue weighted by atomic mass is 15.1. The summed E-state index contributed by atoms with van der Waals surface area (Å²) in [6.45, 7) is 8.87. The molecule has 0 unspecified atom stereocenters. The van der Waals surface area contributed by atoms with Crippen molar-refractivity contribution in [1.82, 2.24) is 4.90 Å². The van der Waals surface area contributed by atoms with Crippen LogP contribution < -0.4 is 5.73 Å². The van der Waals surface area contributed by atoms with Gasteiger partial charge in [0.2, 0.25) is 0 Å². The van der Waals surface area contributed by atoms with E-state index in [4.69, 9.17) is 5.73 Å². The van der Waals surface area contributed by atoms with E-state index < -0.39 is 0 Å². The van der Waals surface area contributed by atoms with Crippen LogP contribution >= 0.6 is 0 Å². The van der Waals surface area contributed by atoms with Gasteiger partial charge in [-0.3, -0.25) is 4.90 Å². The molecule has 1 saturated heterocycles. The van der Waals surface area contributed by atoms with Crippen molar-refractivity contribution in [2.75, 3.05) is 19.6 Å². The van der Waals surface area contributed by atoms with Gasteiger partial charge in [0.05, 0.1) is 0 Å². The van der Waals surface area contributed by atoms with Crippen molar-refractivity contribution in [2.45, 2.75) is 39.7 Å². The number of aryl methyl sites for hydroxylation is 1. The Morgan fingerprint density at radius 1 is 1.22 bits per heavy atom. The fraction of sp³-hybridized carbons (Fsp3) is 0.625. The molecule has 0 saturated carbocycles. The Morgan fingerprint density at radius 2 is 1.94 bits per heavy atom. The van der Waals surface area contributed by atoms with Crippen molar-refractivity contribution in [2.24, 2.45) is 11.7 Å². The molecular weight excluding hydrogens is 220 g/mol. The molecule has 2 N–H and O–H groups in total. The first kappa shape index (κ1) is 13.6. The Bertz CT molecular complexity index is 379. The quantitative estimate of drug-likeness (QED) is 0.885. The van der Waals surface area contributed by atoms with Crippen molar-refractivity contribution in [3.8, 4) is 0 Å². The number of hydrogen-bond donors (Lipinski definition) is 1. The van der Waals surface area contributed by atoms with E-state index in [1.165, 1.54) is 49.0 Å². The Labute approximate surface area is 111 Å². The fourth-order valence-electron chi connectivity index (χ4n) is 2.89. The van der Waals surface area contributed by atoms with Crippen molar-refractivity contribution >= 4 is 0 Å². The molecule has 0 aromatic heterocycles. The molecule has 0 bridgehead atoms. The maximum Gasteiger partial charge on any atom is 0.0236 e. The average Bonchev–Trinajstić information content (AvgIpc) is 2.38. The van der Waals surface area contributed by atoms with Crippen LogP contribution in [0, 0.1) is 19.8 Å². The molecule has 0 aliphatic carbocycles. The topological polar surface area (TPSA) is 29.3 Å². The molecule has 18 heavy (non-hydrogen) atoms. The van der Waals surface area contributed by atoms with Crippen molar-refractivity contribution < 1.29 is 0 Å². The van der Waals surface area contributed by atoms with Crippen molar-refractivity contribution in [1.29, 1.82) is 0 Å². The summed E-state index contributed by atoms with van der Waals surface area (Å²) < 4.78 is 0. The van der Waals surface area contributed by atoms with E-state index in [1.807, 2.05) is 0 Å². The zero-order valence-corrected chi connectivity index (χ0v) is 11.8. The average molecular weight is 246 g/mol. The van der Waals surface area contributed by atoms with E-state index in [1.54, 1.807) is 0 Å². The van der Waals surface area contributed by atoms with Crippen LogP contribution in [0.1, 0.15) is 36.0 Å². The van der Waals surface area contributed by atoms with Gasteiger partial charge in [-0.05, 0) is 75.4 Å². The Kier molecular flexibility index (Phi) is 4.79. The molecule has 0 amide bonds. The van der Waals surface area contributed by atoms with Gasteiger partial charge < -0.3 is 5.73 Å². The van der Waals surface area contributed by atoms with Gasteiger partial charge in [-0.15, -0.1) is 0 Å². The molecule has 1 fully saturated rings. The summed E-state index contributed by atoms with van der Waals surface area (Å²) >= 11 is 0. The van der Waals surface area contributed by atoms with Crippen LogP contribution in [0.2, 0.25) is 0 Å². The van der Waals surface area contributed by atoms with Gasteiger partial charge >= 0.3 is 0 Å². The number of likely N-dealkylation sites (tertiary alicyclic amines) is 1. The number of nitrogens with two attached hydrogens (primary N) is 1. The van der Waals surface area contributed by atoms with Crippen LogP contribution in [0.5, 0.6) is 0 Å². The van der Waals surface area contributed by atoms with Gasteiger partial charge in [0.15, 0.2) is 0 Å². The van der Waals surface area contributed by atoms with E-state index in [2.05, 4.69) is 36.9 Å². The molecule has 0 atom stereocenters. The van der Waals surface area contributed by atoms with Gasteiger partial charge in [-0.2, -0.15) is 0 Å². The number of hydrogen-bond acceptors (Lipinski definition) is 2. The minimum Gasteiger partial charge on any atom is -0.330 e. The number of nitrogens with zero attached hydrogens (tertiary/aromatic N) is 1. The zero-order valence-electron chi connectivity index (χ0n) is 11.8. The molecule has 2 rings (SSSR count). The predicted octanol–water partition coefficient (Wildman–Crippen LogP) is 2.86. The van der Waals surface area contributed by atoms with E-state index >= 15 is 0 Å². The second-order valence-electron chi connectivity index (χ2n) is 5.66. The maximum atomic E-state index is 5.64. The van der Waals surface area contributed by atoms with Crippen molar-refractivity contribution in [3.63, 3.8) is 0 Å². The minimum atomic E-state index is 0.849. The van der Waals surface area contributed by atoms with Gasteiger partial charge in [-0.1, -0.05) is 18.2 Å². The van der Waals surface area contributed by atoms with Gasteiger partial charge in [0.1, 0.15) is 0 Å². The SMILES string of the molecule is Cc1cccc(CN2CCC(CCN)CC2)c1C. The maximum absolute atomic E-state index is 5.64. The van der Waals surface area contributed by atoms with Crippen LogP contribution in [-0.2, 0) is 6.54 Å². The molecule has 0 spiro atoms. The summed E-state index contributed by atoms with van der Waals surface area (Å²) in [5, 5.41) is 0. The third-order valence-corrected chi connectivity index (χ3v) is 4.39. The van der Waals surface area contributed by atoms with Crippen LogP contribution in [0.3, 0.4) is 0 Å². The lowest BCUT2D eigenvalue weighted by Gasteiger charge is -2.32. The zero-order chi connectivity index (χ0) is 13.0. The van der Waals surface area contributed by atoms with Gasteiger partial charge in [0, 0.05) is 6.54 Å². The predicted molar refractivity (Wildman–Crippen MR) is 77.6 cm³/mol. The van der Waals surface area contributed by atoms with Crippen LogP contribution in [-0.4, -0.2) is 24.5 Å². The summed E-state index contributed by atoms with van der Waals surface area (Å²) in [5.74, 6) is 0.866. The molecule has 2 nitrogen and oxygen atoms in total. The highest BCUT2D eigenvalue weighted by molar-refractivity contribution is 5.33. The molecule has 1 heterocycles. The second-order valence-corrected chi connectivity index (χ2v) is 5.66. The van der Waals surface area contributed by atoms with E-state index in [0.29, 0.717) is 0 Å². The molecule has 1 aromatic rings. The molecule has 2 heteroatoms. The standard InChI is InChI=1S/C16H26N2/c1-13-4-3-5-16(14(13)2)12-18-10-7-15(6-9-17)8-11-18/h3-5,15H,6-12,17H2,1-2H3. The third-order valence-electron chi connectivity index (χ3n) is 4.39. The third kappa shape index (κ3) is 3.33. The molecule has 100 valence electrons. The van der Waals surface area contributed by atoms with Crippen LogP contribution in [0.4, 0.5) is 0 Å². The van der Waals surface area contributed by atoms with E-state index in [-0.39, 0.29) is 0 Å². The summed E-state index contributed by atoms with van der Waals surface area (Å²) in [4.78, 5) is 2.59. The highest BCUT2D eigenvalue weighted by Crippen LogP contribution is 2.22. The van der Waals surface area contributed by atoms with E-state index in [0.717, 1.165) is 19.0 Å².